The van der Waals surface area contributed by atoms with Crippen LogP contribution in [0.15, 0.2) is 36.4 Å². The van der Waals surface area contributed by atoms with Crippen LogP contribution in [0.2, 0.25) is 0 Å². The number of hydrogen-bond donors (Lipinski definition) is 6. The van der Waals surface area contributed by atoms with Gasteiger partial charge in [0.05, 0.1) is 6.16 Å². The zero-order valence-corrected chi connectivity index (χ0v) is 23.1. The second-order valence-corrected chi connectivity index (χ2v) is 10.5. The van der Waals surface area contributed by atoms with Crippen molar-refractivity contribution in [1.82, 2.24) is 25.5 Å². The van der Waals surface area contributed by atoms with E-state index in [0.717, 1.165) is 12.8 Å². The third-order valence-corrected chi connectivity index (χ3v) is 6.39. The minimum absolute atomic E-state index is 0.0152. The van der Waals surface area contributed by atoms with Crippen LogP contribution in [0.25, 0.3) is 11.4 Å². The van der Waals surface area contributed by atoms with Gasteiger partial charge in [-0.05, 0) is 13.3 Å². The molecule has 0 saturated carbocycles. The van der Waals surface area contributed by atoms with Crippen LogP contribution in [-0.4, -0.2) is 92.5 Å². The van der Waals surface area contributed by atoms with Crippen LogP contribution in [0, 0.1) is 0 Å². The number of piperazine rings is 1. The number of unbranched alkanes of at least 4 members (excludes halogenated alkanes) is 1. The molecule has 1 unspecified atom stereocenters. The Morgan fingerprint density at radius 2 is 1.77 bits per heavy atom. The van der Waals surface area contributed by atoms with E-state index in [1.54, 1.807) is 12.1 Å². The molecule has 214 valence electrons. The number of benzene rings is 1. The summed E-state index contributed by atoms with van der Waals surface area (Å²) in [5.74, 6) is -1.21. The predicted octanol–water partition coefficient (Wildman–Crippen LogP) is 1.54. The topological polar surface area (TPSA) is 194 Å². The maximum absolute atomic E-state index is 13.0. The molecule has 39 heavy (non-hydrogen) atoms. The molecule has 1 atom stereocenters. The van der Waals surface area contributed by atoms with E-state index in [0.29, 0.717) is 56.4 Å². The molecule has 3 rings (SSSR count). The molecule has 1 aromatic carbocycles. The van der Waals surface area contributed by atoms with Gasteiger partial charge in [-0.15, -0.1) is 0 Å². The number of amides is 2. The van der Waals surface area contributed by atoms with Gasteiger partial charge in [-0.2, -0.15) is 0 Å². The van der Waals surface area contributed by atoms with Crippen LogP contribution < -0.4 is 16.0 Å². The first kappa shape index (κ1) is 31.8. The van der Waals surface area contributed by atoms with E-state index in [9.17, 15) is 28.7 Å². The minimum atomic E-state index is -4.58. The Morgan fingerprint density at radius 1 is 1.10 bits per heavy atom. The van der Waals surface area contributed by atoms with Crippen LogP contribution in [0.4, 0.5) is 5.82 Å². The highest BCUT2D eigenvalue weighted by Gasteiger charge is 2.33. The van der Waals surface area contributed by atoms with Crippen molar-refractivity contribution >= 4 is 31.2 Å². The summed E-state index contributed by atoms with van der Waals surface area (Å²) < 4.78 is 11.6. The summed E-state index contributed by atoms with van der Waals surface area (Å²) in [5, 5.41) is 16.7. The maximum atomic E-state index is 13.0. The first-order valence-electron chi connectivity index (χ1n) is 12.8. The van der Waals surface area contributed by atoms with Gasteiger partial charge < -0.3 is 35.7 Å². The fourth-order valence-corrected chi connectivity index (χ4v) is 4.36. The highest BCUT2D eigenvalue weighted by atomic mass is 31.2. The fourth-order valence-electron chi connectivity index (χ4n) is 3.64. The van der Waals surface area contributed by atoms with E-state index < -0.39 is 37.6 Å². The van der Waals surface area contributed by atoms with Gasteiger partial charge in [0.25, 0.3) is 5.91 Å². The third-order valence-electron chi connectivity index (χ3n) is 5.55. The number of nitrogens with zero attached hydrogens (tertiary/aromatic N) is 3. The SMILES string of the molecule is CCCCC(=O)O.CCNc1cc(C(=O)NC(CP(=O)(O)O)C(=O)N2CCNCC2)nc(-c2ccccc2)n1. The monoisotopic (exact) mass is 564 g/mol. The van der Waals surface area contributed by atoms with Crippen molar-refractivity contribution in [3.8, 4) is 11.4 Å². The van der Waals surface area contributed by atoms with E-state index in [-0.39, 0.29) is 5.69 Å². The molecule has 0 spiro atoms. The zero-order valence-electron chi connectivity index (χ0n) is 22.2. The summed E-state index contributed by atoms with van der Waals surface area (Å²) in [6.45, 7) is 6.34. The van der Waals surface area contributed by atoms with Gasteiger partial charge in [-0.25, -0.2) is 9.97 Å². The molecule has 1 aliphatic heterocycles. The van der Waals surface area contributed by atoms with Gasteiger partial charge in [0.1, 0.15) is 17.6 Å². The van der Waals surface area contributed by atoms with Crippen LogP contribution in [0.5, 0.6) is 0 Å². The van der Waals surface area contributed by atoms with Crippen molar-refractivity contribution in [1.29, 1.82) is 0 Å². The Kier molecular flexibility index (Phi) is 13.0. The van der Waals surface area contributed by atoms with E-state index in [2.05, 4.69) is 25.9 Å². The van der Waals surface area contributed by atoms with E-state index >= 15 is 0 Å². The highest BCUT2D eigenvalue weighted by Crippen LogP contribution is 2.35. The lowest BCUT2D eigenvalue weighted by molar-refractivity contribution is -0.137. The van der Waals surface area contributed by atoms with Crippen molar-refractivity contribution in [3.05, 3.63) is 42.1 Å². The average Bonchev–Trinajstić information content (AvgIpc) is 2.91. The molecule has 6 N–H and O–H groups in total. The Morgan fingerprint density at radius 3 is 2.31 bits per heavy atom. The molecule has 2 amide bonds. The number of carbonyl (C=O) groups is 3. The second kappa shape index (κ2) is 15.9. The van der Waals surface area contributed by atoms with Gasteiger partial charge in [0, 0.05) is 50.8 Å². The molecule has 1 aromatic heterocycles. The highest BCUT2D eigenvalue weighted by molar-refractivity contribution is 7.51. The number of anilines is 1. The molecule has 0 aliphatic carbocycles. The number of aliphatic carboxylic acids is 1. The summed E-state index contributed by atoms with van der Waals surface area (Å²) in [6.07, 6.45) is 1.29. The van der Waals surface area contributed by atoms with E-state index in [4.69, 9.17) is 5.11 Å². The van der Waals surface area contributed by atoms with Crippen molar-refractivity contribution in [2.75, 3.05) is 44.2 Å². The van der Waals surface area contributed by atoms with Gasteiger partial charge in [0.15, 0.2) is 5.82 Å². The average molecular weight is 565 g/mol. The number of rotatable bonds is 11. The molecule has 0 bridgehead atoms. The first-order valence-corrected chi connectivity index (χ1v) is 14.6. The third kappa shape index (κ3) is 11.5. The normalized spacial score (nSPS) is 14.0. The van der Waals surface area contributed by atoms with Gasteiger partial charge in [-0.1, -0.05) is 43.7 Å². The molecule has 2 aromatic rings. The van der Waals surface area contributed by atoms with Crippen molar-refractivity contribution in [2.24, 2.45) is 0 Å². The smallest absolute Gasteiger partial charge is 0.328 e. The number of nitrogens with one attached hydrogen (secondary N) is 3. The minimum Gasteiger partial charge on any atom is -0.481 e. The fraction of sp³-hybridized carbons (Fsp3) is 0.480. The Bertz CT molecular complexity index is 1140. The van der Waals surface area contributed by atoms with Gasteiger partial charge >= 0.3 is 13.6 Å². The lowest BCUT2D eigenvalue weighted by atomic mass is 10.2. The largest absolute Gasteiger partial charge is 0.481 e. The summed E-state index contributed by atoms with van der Waals surface area (Å²) >= 11 is 0. The van der Waals surface area contributed by atoms with Gasteiger partial charge in [-0.3, -0.25) is 18.9 Å². The van der Waals surface area contributed by atoms with Crippen molar-refractivity contribution < 1.29 is 33.8 Å². The molecule has 1 aliphatic rings. The van der Waals surface area contributed by atoms with Crippen LogP contribution in [0.1, 0.15) is 43.6 Å². The number of aromatic nitrogens is 2. The molecule has 1 fully saturated rings. The van der Waals surface area contributed by atoms with Crippen LogP contribution >= 0.6 is 7.60 Å². The Hall–Kier alpha value is -3.38. The van der Waals surface area contributed by atoms with Crippen LogP contribution in [0.3, 0.4) is 0 Å². The molecular weight excluding hydrogens is 527 g/mol. The standard InChI is InChI=1S/C20H27N6O5P.C5H10O2/c1-2-22-17-12-15(23-18(25-17)14-6-4-3-5-7-14)19(27)24-16(13-32(29,30)31)20(28)26-10-8-21-9-11-26;1-2-3-4-5(6)7/h3-7,12,16,21H,2,8-11,13H2,1H3,(H,24,27)(H,22,23,25)(H2,29,30,31);2-4H2,1H3,(H,6,7). The molecule has 0 radical (unpaired) electrons. The number of carboxylic acid groups (broad SMARTS) is 1. The summed E-state index contributed by atoms with van der Waals surface area (Å²) in [6, 6.07) is 9.16. The molecule has 2 heterocycles. The van der Waals surface area contributed by atoms with Crippen molar-refractivity contribution in [3.63, 3.8) is 0 Å². The summed E-state index contributed by atoms with van der Waals surface area (Å²) in [7, 11) is -4.58. The quantitative estimate of drug-likeness (QED) is 0.217. The lowest BCUT2D eigenvalue weighted by Crippen LogP contribution is -2.55. The maximum Gasteiger partial charge on any atom is 0.328 e. The number of carboxylic acids is 1. The summed E-state index contributed by atoms with van der Waals surface area (Å²) in [4.78, 5) is 64.8. The first-order chi connectivity index (χ1) is 18.5. The molecule has 1 saturated heterocycles. The van der Waals surface area contributed by atoms with Gasteiger partial charge in [0.2, 0.25) is 5.91 Å². The molecular formula is C25H37N6O7P. The Labute approximate surface area is 227 Å². The lowest BCUT2D eigenvalue weighted by Gasteiger charge is -2.31. The molecule has 14 heteroatoms. The van der Waals surface area contributed by atoms with Crippen molar-refractivity contribution in [2.45, 2.75) is 39.2 Å². The zero-order chi connectivity index (χ0) is 28.8. The van der Waals surface area contributed by atoms with E-state index in [1.165, 1.54) is 11.0 Å². The Balaban J connectivity index is 0.000000673. The van der Waals surface area contributed by atoms with E-state index in [1.807, 2.05) is 32.0 Å². The number of hydrogen-bond acceptors (Lipinski definition) is 8. The van der Waals surface area contributed by atoms with Crippen LogP contribution in [-0.2, 0) is 14.2 Å². The molecule has 13 nitrogen and oxygen atoms in total. The second-order valence-electron chi connectivity index (χ2n) is 8.80. The predicted molar refractivity (Wildman–Crippen MR) is 146 cm³/mol. The summed E-state index contributed by atoms with van der Waals surface area (Å²) in [5.41, 5.74) is 0.684. The number of carbonyl (C=O) groups excluding carboxylic acids is 2.